The fourth-order valence-corrected chi connectivity index (χ4v) is 1.50. The van der Waals surface area contributed by atoms with Crippen LogP contribution in [0.2, 0.25) is 0 Å². The molecule has 1 heterocycles. The van der Waals surface area contributed by atoms with Gasteiger partial charge in [0.15, 0.2) is 0 Å². The first-order valence-electron chi connectivity index (χ1n) is 5.45. The van der Waals surface area contributed by atoms with E-state index in [1.165, 1.54) is 0 Å². The van der Waals surface area contributed by atoms with Crippen molar-refractivity contribution in [2.75, 3.05) is 6.54 Å². The van der Waals surface area contributed by atoms with Gasteiger partial charge in [-0.1, -0.05) is 5.16 Å². The number of hydrogen-bond acceptors (Lipinski definition) is 4. The first-order valence-corrected chi connectivity index (χ1v) is 5.45. The van der Waals surface area contributed by atoms with Crippen molar-refractivity contribution >= 4 is 11.9 Å². The average molecular weight is 240 g/mol. The molecule has 17 heavy (non-hydrogen) atoms. The Morgan fingerprint density at radius 3 is 2.59 bits per heavy atom. The van der Waals surface area contributed by atoms with Gasteiger partial charge in [-0.25, -0.2) is 0 Å². The largest absolute Gasteiger partial charge is 0.481 e. The van der Waals surface area contributed by atoms with Crippen molar-refractivity contribution in [2.45, 2.75) is 33.1 Å². The molecule has 2 N–H and O–H groups in total. The molecule has 0 radical (unpaired) electrons. The van der Waals surface area contributed by atoms with Crippen molar-refractivity contribution in [1.82, 2.24) is 10.5 Å². The number of unbranched alkanes of at least 4 members (excludes halogenated alkanes) is 1. The molecule has 0 saturated carbocycles. The van der Waals surface area contributed by atoms with Crippen LogP contribution in [0, 0.1) is 13.8 Å². The Morgan fingerprint density at radius 2 is 2.06 bits per heavy atom. The van der Waals surface area contributed by atoms with Crippen LogP contribution in [-0.4, -0.2) is 28.7 Å². The van der Waals surface area contributed by atoms with E-state index < -0.39 is 5.97 Å². The standard InChI is InChI=1S/C11H16N2O4/c1-7-10(8(2)17-13-7)11(16)12-6-4-3-5-9(14)15/h3-6H2,1-2H3,(H,12,16)(H,14,15). The predicted octanol–water partition coefficient (Wildman–Crippen LogP) is 1.28. The third-order valence-corrected chi connectivity index (χ3v) is 2.36. The molecule has 0 aliphatic carbocycles. The summed E-state index contributed by atoms with van der Waals surface area (Å²) in [6, 6.07) is 0. The molecule has 1 amide bonds. The third-order valence-electron chi connectivity index (χ3n) is 2.36. The van der Waals surface area contributed by atoms with Crippen LogP contribution in [0.25, 0.3) is 0 Å². The van der Waals surface area contributed by atoms with E-state index in [0.29, 0.717) is 36.4 Å². The molecular formula is C11H16N2O4. The third kappa shape index (κ3) is 3.90. The SMILES string of the molecule is Cc1noc(C)c1C(=O)NCCCCC(=O)O. The highest BCUT2D eigenvalue weighted by molar-refractivity contribution is 5.96. The van der Waals surface area contributed by atoms with Crippen molar-refractivity contribution in [2.24, 2.45) is 0 Å². The molecule has 1 aromatic heterocycles. The minimum absolute atomic E-state index is 0.126. The van der Waals surface area contributed by atoms with E-state index in [-0.39, 0.29) is 12.3 Å². The molecule has 0 aliphatic heterocycles. The van der Waals surface area contributed by atoms with Crippen LogP contribution in [-0.2, 0) is 4.79 Å². The minimum atomic E-state index is -0.818. The van der Waals surface area contributed by atoms with E-state index in [1.807, 2.05) is 0 Å². The molecular weight excluding hydrogens is 224 g/mol. The highest BCUT2D eigenvalue weighted by atomic mass is 16.5. The fourth-order valence-electron chi connectivity index (χ4n) is 1.50. The first kappa shape index (κ1) is 13.2. The van der Waals surface area contributed by atoms with Crippen LogP contribution in [0.1, 0.15) is 41.1 Å². The number of hydrogen-bond donors (Lipinski definition) is 2. The van der Waals surface area contributed by atoms with Crippen LogP contribution >= 0.6 is 0 Å². The molecule has 94 valence electrons. The molecule has 0 aromatic carbocycles. The summed E-state index contributed by atoms with van der Waals surface area (Å²) in [5.74, 6) is -0.552. The molecule has 0 atom stereocenters. The summed E-state index contributed by atoms with van der Waals surface area (Å²) >= 11 is 0. The van der Waals surface area contributed by atoms with Crippen LogP contribution in [0.3, 0.4) is 0 Å². The highest BCUT2D eigenvalue weighted by Gasteiger charge is 2.16. The lowest BCUT2D eigenvalue weighted by molar-refractivity contribution is -0.137. The Kier molecular flexibility index (Phi) is 4.68. The molecule has 1 rings (SSSR count). The molecule has 1 aromatic rings. The maximum atomic E-state index is 11.7. The van der Waals surface area contributed by atoms with Crippen molar-refractivity contribution in [3.05, 3.63) is 17.0 Å². The van der Waals surface area contributed by atoms with E-state index in [4.69, 9.17) is 9.63 Å². The lowest BCUT2D eigenvalue weighted by Crippen LogP contribution is -2.25. The van der Waals surface area contributed by atoms with Gasteiger partial charge in [-0.2, -0.15) is 0 Å². The number of nitrogens with one attached hydrogen (secondary N) is 1. The summed E-state index contributed by atoms with van der Waals surface area (Å²) in [4.78, 5) is 22.0. The molecule has 0 aliphatic rings. The number of carbonyl (C=O) groups excluding carboxylic acids is 1. The number of carboxylic acids is 1. The normalized spacial score (nSPS) is 10.2. The smallest absolute Gasteiger partial charge is 0.303 e. The van der Waals surface area contributed by atoms with Gasteiger partial charge in [-0.15, -0.1) is 0 Å². The molecule has 0 fully saturated rings. The van der Waals surface area contributed by atoms with E-state index >= 15 is 0 Å². The summed E-state index contributed by atoms with van der Waals surface area (Å²) in [7, 11) is 0. The molecule has 6 nitrogen and oxygen atoms in total. The lowest BCUT2D eigenvalue weighted by Gasteiger charge is -2.03. The highest BCUT2D eigenvalue weighted by Crippen LogP contribution is 2.11. The van der Waals surface area contributed by atoms with Gasteiger partial charge >= 0.3 is 5.97 Å². The zero-order valence-electron chi connectivity index (χ0n) is 9.95. The van der Waals surface area contributed by atoms with Gasteiger partial charge < -0.3 is 14.9 Å². The predicted molar refractivity (Wildman–Crippen MR) is 59.8 cm³/mol. The molecule has 0 unspecified atom stereocenters. The maximum Gasteiger partial charge on any atom is 0.303 e. The number of aromatic nitrogens is 1. The monoisotopic (exact) mass is 240 g/mol. The lowest BCUT2D eigenvalue weighted by atomic mass is 10.2. The number of aryl methyl sites for hydroxylation is 2. The second-order valence-electron chi connectivity index (χ2n) is 3.81. The van der Waals surface area contributed by atoms with Gasteiger partial charge in [0.05, 0.1) is 5.69 Å². The summed E-state index contributed by atoms with van der Waals surface area (Å²) in [5, 5.41) is 14.8. The van der Waals surface area contributed by atoms with E-state index in [1.54, 1.807) is 13.8 Å². The number of nitrogens with zero attached hydrogens (tertiary/aromatic N) is 1. The molecule has 6 heteroatoms. The molecule has 0 saturated heterocycles. The van der Waals surface area contributed by atoms with Gasteiger partial charge in [0.25, 0.3) is 5.91 Å². The van der Waals surface area contributed by atoms with E-state index in [2.05, 4.69) is 10.5 Å². The summed E-state index contributed by atoms with van der Waals surface area (Å²) < 4.78 is 4.89. The van der Waals surface area contributed by atoms with Gasteiger partial charge in [0.2, 0.25) is 0 Å². The minimum Gasteiger partial charge on any atom is -0.481 e. The zero-order valence-corrected chi connectivity index (χ0v) is 9.95. The number of rotatable bonds is 6. The summed E-state index contributed by atoms with van der Waals surface area (Å²) in [6.07, 6.45) is 1.32. The zero-order chi connectivity index (χ0) is 12.8. The van der Waals surface area contributed by atoms with Crippen LogP contribution in [0.4, 0.5) is 0 Å². The Bertz CT molecular complexity index is 392. The Balaban J connectivity index is 2.33. The second-order valence-corrected chi connectivity index (χ2v) is 3.81. The quantitative estimate of drug-likeness (QED) is 0.730. The van der Waals surface area contributed by atoms with Gasteiger partial charge in [-0.05, 0) is 26.7 Å². The van der Waals surface area contributed by atoms with E-state index in [9.17, 15) is 9.59 Å². The fraction of sp³-hybridized carbons (Fsp3) is 0.545. The van der Waals surface area contributed by atoms with Crippen LogP contribution in [0.15, 0.2) is 4.52 Å². The molecule has 0 spiro atoms. The summed E-state index contributed by atoms with van der Waals surface area (Å²) in [5.41, 5.74) is 1.02. The number of carboxylic acid groups (broad SMARTS) is 1. The van der Waals surface area contributed by atoms with Crippen LogP contribution in [0.5, 0.6) is 0 Å². The van der Waals surface area contributed by atoms with Crippen molar-refractivity contribution in [3.8, 4) is 0 Å². The molecule has 0 bridgehead atoms. The van der Waals surface area contributed by atoms with Gasteiger partial charge in [0.1, 0.15) is 11.3 Å². The van der Waals surface area contributed by atoms with E-state index in [0.717, 1.165) is 0 Å². The summed E-state index contributed by atoms with van der Waals surface area (Å²) in [6.45, 7) is 3.84. The second kappa shape index (κ2) is 6.03. The van der Waals surface area contributed by atoms with Crippen molar-refractivity contribution in [3.63, 3.8) is 0 Å². The Morgan fingerprint density at radius 1 is 1.35 bits per heavy atom. The maximum absolute atomic E-state index is 11.7. The number of amides is 1. The Hall–Kier alpha value is -1.85. The van der Waals surface area contributed by atoms with Crippen molar-refractivity contribution in [1.29, 1.82) is 0 Å². The van der Waals surface area contributed by atoms with Crippen LogP contribution < -0.4 is 5.32 Å². The number of carbonyl (C=O) groups is 2. The first-order chi connectivity index (χ1) is 8.02. The van der Waals surface area contributed by atoms with Gasteiger partial charge in [-0.3, -0.25) is 9.59 Å². The average Bonchev–Trinajstić information content (AvgIpc) is 2.57. The van der Waals surface area contributed by atoms with Crippen molar-refractivity contribution < 1.29 is 19.2 Å². The topological polar surface area (TPSA) is 92.4 Å². The Labute approximate surface area is 99.0 Å². The van der Waals surface area contributed by atoms with Gasteiger partial charge in [0, 0.05) is 13.0 Å². The number of aliphatic carboxylic acids is 1.